The van der Waals surface area contributed by atoms with Gasteiger partial charge in [-0.25, -0.2) is 0 Å². The minimum absolute atomic E-state index is 0.0570. The zero-order chi connectivity index (χ0) is 17.7. The van der Waals surface area contributed by atoms with Crippen LogP contribution < -0.4 is 4.80 Å². The second kappa shape index (κ2) is 7.82. The third-order valence-corrected chi connectivity index (χ3v) is 4.20. The Labute approximate surface area is 141 Å². The van der Waals surface area contributed by atoms with Gasteiger partial charge in [-0.3, -0.25) is 19.7 Å². The van der Waals surface area contributed by atoms with Crippen molar-refractivity contribution in [1.29, 1.82) is 0 Å². The number of amides is 1. The molecule has 1 aromatic carbocycles. The summed E-state index contributed by atoms with van der Waals surface area (Å²) in [7, 11) is 0. The highest BCUT2D eigenvalue weighted by atomic mass is 32.1. The Morgan fingerprint density at radius 3 is 2.75 bits per heavy atom. The molecular formula is C15H17N3O5S. The quantitative estimate of drug-likeness (QED) is 0.451. The van der Waals surface area contributed by atoms with Crippen LogP contribution >= 0.6 is 11.3 Å². The van der Waals surface area contributed by atoms with Crippen LogP contribution in [-0.2, 0) is 20.9 Å². The lowest BCUT2D eigenvalue weighted by Gasteiger charge is -2.04. The zero-order valence-corrected chi connectivity index (χ0v) is 14.2. The molecule has 0 aliphatic carbocycles. The largest absolute Gasteiger partial charge is 0.465 e. The summed E-state index contributed by atoms with van der Waals surface area (Å²) in [5.74, 6) is -0.754. The molecule has 0 saturated heterocycles. The van der Waals surface area contributed by atoms with Crippen LogP contribution in [0.4, 0.5) is 5.69 Å². The van der Waals surface area contributed by atoms with Crippen LogP contribution in [0.15, 0.2) is 23.2 Å². The number of non-ortho nitro benzene ring substituents is 1. The number of carbonyl (C=O) groups excluding carboxylic acids is 2. The van der Waals surface area contributed by atoms with E-state index in [9.17, 15) is 19.7 Å². The third kappa shape index (κ3) is 4.05. The van der Waals surface area contributed by atoms with Gasteiger partial charge in [0.2, 0.25) is 5.91 Å². The summed E-state index contributed by atoms with van der Waals surface area (Å²) in [5, 5.41) is 10.9. The average molecular weight is 351 g/mol. The lowest BCUT2D eigenvalue weighted by Crippen LogP contribution is -2.23. The Morgan fingerprint density at radius 1 is 1.38 bits per heavy atom. The van der Waals surface area contributed by atoms with E-state index in [2.05, 4.69) is 4.99 Å². The van der Waals surface area contributed by atoms with E-state index in [-0.39, 0.29) is 24.7 Å². The van der Waals surface area contributed by atoms with Crippen molar-refractivity contribution in [1.82, 2.24) is 4.57 Å². The number of thiazole rings is 1. The Bertz CT molecular complexity index is 852. The minimum Gasteiger partial charge on any atom is -0.465 e. The van der Waals surface area contributed by atoms with E-state index in [0.717, 1.165) is 11.3 Å². The maximum absolute atomic E-state index is 11.8. The average Bonchev–Trinajstić information content (AvgIpc) is 2.84. The highest BCUT2D eigenvalue weighted by molar-refractivity contribution is 7.16. The molecule has 2 aromatic rings. The van der Waals surface area contributed by atoms with E-state index < -0.39 is 10.9 Å². The van der Waals surface area contributed by atoms with Gasteiger partial charge in [0.05, 0.1) is 21.7 Å². The molecule has 8 nitrogen and oxygen atoms in total. The highest BCUT2D eigenvalue weighted by Crippen LogP contribution is 2.23. The van der Waals surface area contributed by atoms with E-state index in [1.807, 2.05) is 6.92 Å². The van der Waals surface area contributed by atoms with Gasteiger partial charge in [-0.15, -0.1) is 0 Å². The molecule has 24 heavy (non-hydrogen) atoms. The predicted molar refractivity (Wildman–Crippen MR) is 88.6 cm³/mol. The lowest BCUT2D eigenvalue weighted by molar-refractivity contribution is -0.384. The number of benzene rings is 1. The smallest absolute Gasteiger partial charge is 0.326 e. The van der Waals surface area contributed by atoms with Gasteiger partial charge in [0.15, 0.2) is 4.80 Å². The summed E-state index contributed by atoms with van der Waals surface area (Å²) in [6, 6.07) is 4.31. The summed E-state index contributed by atoms with van der Waals surface area (Å²) in [5.41, 5.74) is 0.542. The summed E-state index contributed by atoms with van der Waals surface area (Å²) in [6.45, 7) is 3.71. The number of nitrogens with zero attached hydrogens (tertiary/aromatic N) is 3. The molecule has 1 amide bonds. The monoisotopic (exact) mass is 351 g/mol. The highest BCUT2D eigenvalue weighted by Gasteiger charge is 2.15. The molecule has 0 unspecified atom stereocenters. The summed E-state index contributed by atoms with van der Waals surface area (Å²) < 4.78 is 7.07. The van der Waals surface area contributed by atoms with E-state index in [1.165, 1.54) is 12.1 Å². The van der Waals surface area contributed by atoms with Crippen molar-refractivity contribution in [2.45, 2.75) is 33.2 Å². The third-order valence-electron chi connectivity index (χ3n) is 3.15. The van der Waals surface area contributed by atoms with Crippen LogP contribution in [0.5, 0.6) is 0 Å². The van der Waals surface area contributed by atoms with Crippen LogP contribution in [0.2, 0.25) is 0 Å². The van der Waals surface area contributed by atoms with Crippen molar-refractivity contribution < 1.29 is 19.2 Å². The Hall–Kier alpha value is -2.55. The van der Waals surface area contributed by atoms with Gasteiger partial charge in [-0.2, -0.15) is 4.99 Å². The number of fused-ring (bicyclic) bond motifs is 1. The second-order valence-corrected chi connectivity index (χ2v) is 5.95. The second-order valence-electron chi connectivity index (χ2n) is 4.94. The number of rotatable bonds is 6. The molecule has 0 radical (unpaired) electrons. The molecule has 0 spiro atoms. The molecule has 1 aromatic heterocycles. The van der Waals surface area contributed by atoms with Crippen LogP contribution in [-0.4, -0.2) is 28.0 Å². The first-order valence-electron chi connectivity index (χ1n) is 7.47. The molecule has 1 heterocycles. The number of hydrogen-bond acceptors (Lipinski definition) is 6. The molecule has 9 heteroatoms. The maximum Gasteiger partial charge on any atom is 0.326 e. The van der Waals surface area contributed by atoms with Gasteiger partial charge in [-0.05, 0) is 19.4 Å². The standard InChI is InChI=1S/C15H17N3O5S/c1-3-5-13(19)16-15-17(9-14(20)23-4-2)11-7-6-10(18(21)22)8-12(11)24-15/h6-8H,3-5,9H2,1-2H3. The van der Waals surface area contributed by atoms with Gasteiger partial charge in [0.25, 0.3) is 5.69 Å². The first-order valence-corrected chi connectivity index (χ1v) is 8.28. The predicted octanol–water partition coefficient (Wildman–Crippen LogP) is 2.40. The fraction of sp³-hybridized carbons (Fsp3) is 0.400. The first kappa shape index (κ1) is 17.8. The van der Waals surface area contributed by atoms with E-state index in [4.69, 9.17) is 4.74 Å². The Kier molecular flexibility index (Phi) is 5.80. The van der Waals surface area contributed by atoms with Gasteiger partial charge >= 0.3 is 5.97 Å². The zero-order valence-electron chi connectivity index (χ0n) is 13.4. The number of aromatic nitrogens is 1. The molecule has 0 aliphatic heterocycles. The Balaban J connectivity index is 2.58. The van der Waals surface area contributed by atoms with Gasteiger partial charge in [0.1, 0.15) is 6.54 Å². The summed E-state index contributed by atoms with van der Waals surface area (Å²) in [4.78, 5) is 38.4. The summed E-state index contributed by atoms with van der Waals surface area (Å²) in [6.07, 6.45) is 0.963. The normalized spacial score (nSPS) is 11.7. The van der Waals surface area contributed by atoms with Gasteiger partial charge in [0, 0.05) is 18.6 Å². The molecular weight excluding hydrogens is 334 g/mol. The fourth-order valence-electron chi connectivity index (χ4n) is 2.13. The summed E-state index contributed by atoms with van der Waals surface area (Å²) >= 11 is 1.13. The number of ether oxygens (including phenoxy) is 1. The molecule has 0 saturated carbocycles. The number of nitro benzene ring substituents is 1. The molecule has 0 bridgehead atoms. The van der Waals surface area contributed by atoms with E-state index >= 15 is 0 Å². The van der Waals surface area contributed by atoms with Gasteiger partial charge in [-0.1, -0.05) is 18.3 Å². The number of esters is 1. The molecule has 128 valence electrons. The number of nitro groups is 1. The molecule has 0 aliphatic rings. The van der Waals surface area contributed by atoms with Gasteiger partial charge < -0.3 is 9.30 Å². The SMILES string of the molecule is CCCC(=O)N=c1sc2cc([N+](=O)[O-])ccc2n1CC(=O)OCC. The molecule has 0 N–H and O–H groups in total. The molecule has 0 fully saturated rings. The minimum atomic E-state index is -0.492. The van der Waals surface area contributed by atoms with Crippen LogP contribution in [0, 0.1) is 10.1 Å². The number of carbonyl (C=O) groups is 2. The van der Waals surface area contributed by atoms with Crippen molar-refractivity contribution in [3.05, 3.63) is 33.1 Å². The van der Waals surface area contributed by atoms with Crippen LogP contribution in [0.1, 0.15) is 26.7 Å². The van der Waals surface area contributed by atoms with Crippen LogP contribution in [0.3, 0.4) is 0 Å². The Morgan fingerprint density at radius 2 is 2.12 bits per heavy atom. The van der Waals surface area contributed by atoms with Crippen molar-refractivity contribution in [3.63, 3.8) is 0 Å². The van der Waals surface area contributed by atoms with Crippen molar-refractivity contribution in [2.24, 2.45) is 4.99 Å². The maximum atomic E-state index is 11.8. The lowest BCUT2D eigenvalue weighted by atomic mass is 10.3. The van der Waals surface area contributed by atoms with Crippen molar-refractivity contribution in [3.8, 4) is 0 Å². The van der Waals surface area contributed by atoms with Crippen molar-refractivity contribution in [2.75, 3.05) is 6.61 Å². The first-order chi connectivity index (χ1) is 11.5. The van der Waals surface area contributed by atoms with Crippen molar-refractivity contribution >= 4 is 39.1 Å². The van der Waals surface area contributed by atoms with Crippen LogP contribution in [0.25, 0.3) is 10.2 Å². The fourth-order valence-corrected chi connectivity index (χ4v) is 3.21. The topological polar surface area (TPSA) is 104 Å². The molecule has 0 atom stereocenters. The van der Waals surface area contributed by atoms with E-state index in [1.54, 1.807) is 17.6 Å². The molecule has 2 rings (SSSR count). The number of hydrogen-bond donors (Lipinski definition) is 0. The van der Waals surface area contributed by atoms with E-state index in [0.29, 0.717) is 27.9 Å².